The van der Waals surface area contributed by atoms with Crippen LogP contribution in [0.25, 0.3) is 0 Å². The van der Waals surface area contributed by atoms with Gasteiger partial charge in [-0.3, -0.25) is 0 Å². The number of ether oxygens (including phenoxy) is 4. The molecule has 0 amide bonds. The van der Waals surface area contributed by atoms with Gasteiger partial charge in [0.15, 0.2) is 19.9 Å². The number of benzene rings is 4. The molecule has 4 saturated heterocycles. The van der Waals surface area contributed by atoms with E-state index in [1.807, 2.05) is 0 Å². The van der Waals surface area contributed by atoms with Crippen LogP contribution in [-0.4, -0.2) is 151 Å². The van der Waals surface area contributed by atoms with E-state index in [4.69, 9.17) is 18.9 Å². The smallest absolute Gasteiger partial charge is 0.335 e. The summed E-state index contributed by atoms with van der Waals surface area (Å²) in [6.07, 6.45) is -0.600. The predicted molar refractivity (Wildman–Crippen MR) is 200 cm³/mol. The highest BCUT2D eigenvalue weighted by Gasteiger charge is 2.71. The average molecular weight is 832 g/mol. The van der Waals surface area contributed by atoms with E-state index in [9.17, 15) is 59.4 Å². The van der Waals surface area contributed by atoms with E-state index >= 15 is 0 Å². The van der Waals surface area contributed by atoms with Crippen molar-refractivity contribution in [2.45, 2.75) is 6.17 Å². The molecule has 60 heavy (non-hydrogen) atoms. The van der Waals surface area contributed by atoms with Crippen LogP contribution in [0.15, 0.2) is 84.9 Å². The molecule has 0 spiro atoms. The third-order valence-electron chi connectivity index (χ3n) is 10.6. The second-order valence-electron chi connectivity index (χ2n) is 15.2. The van der Waals surface area contributed by atoms with Crippen LogP contribution in [0, 0.1) is 0 Å². The van der Waals surface area contributed by atoms with Crippen molar-refractivity contribution in [2.24, 2.45) is 0 Å². The Balaban J connectivity index is 1.28. The van der Waals surface area contributed by atoms with Gasteiger partial charge < -0.3 is 49.6 Å². The highest BCUT2D eigenvalue weighted by molar-refractivity contribution is 5.95. The molecule has 3 unspecified atom stereocenters. The molecule has 4 aliphatic rings. The molecule has 4 aromatic rings. The van der Waals surface area contributed by atoms with Gasteiger partial charge >= 0.3 is 35.8 Å². The molecule has 4 fully saturated rings. The minimum absolute atomic E-state index is 0.00115. The Kier molecular flexibility index (Phi) is 10.8. The lowest BCUT2D eigenvalue weighted by Crippen LogP contribution is -2.94. The second kappa shape index (κ2) is 15.8. The molecule has 0 radical (unpaired) electrons. The van der Waals surface area contributed by atoms with E-state index in [0.29, 0.717) is 31.5 Å². The number of nitrogens with zero attached hydrogens (tertiary/aromatic N) is 4. The van der Waals surface area contributed by atoms with Crippen LogP contribution < -0.4 is 18.9 Å². The number of hydrogen-bond acceptors (Lipinski definition) is 11. The predicted octanol–water partition coefficient (Wildman–Crippen LogP) is 3.27. The Morgan fingerprint density at radius 2 is 0.833 bits per heavy atom. The number of carboxylic acid groups (broad SMARTS) is 6. The molecule has 0 aliphatic carbocycles. The lowest BCUT2D eigenvalue weighted by Gasteiger charge is -2.67. The van der Waals surface area contributed by atoms with E-state index in [2.05, 4.69) is 4.90 Å². The third kappa shape index (κ3) is 8.47. The first kappa shape index (κ1) is 40.9. The average Bonchev–Trinajstić information content (AvgIpc) is 3.21. The van der Waals surface area contributed by atoms with E-state index in [0.717, 1.165) is 12.1 Å². The van der Waals surface area contributed by atoms with Crippen molar-refractivity contribution in [3.8, 4) is 23.0 Å². The Labute approximate surface area is 339 Å². The maximum atomic E-state index is 12.0. The molecule has 312 valence electrons. The van der Waals surface area contributed by atoms with Gasteiger partial charge in [0.05, 0.1) is 33.4 Å². The molecular weight excluding hydrogens is 792 g/mol. The number of aromatic carboxylic acids is 6. The van der Waals surface area contributed by atoms with Gasteiger partial charge in [-0.05, 0) is 72.8 Å². The number of hydrogen-bond donors (Lipinski definition) is 6. The summed E-state index contributed by atoms with van der Waals surface area (Å²) in [6, 6.07) is 18.8. The number of carbonyl (C=O) groups is 6. The van der Waals surface area contributed by atoms with E-state index in [1.165, 1.54) is 48.5 Å². The van der Waals surface area contributed by atoms with Gasteiger partial charge in [0.2, 0.25) is 46.4 Å². The monoisotopic (exact) mass is 831 g/mol. The van der Waals surface area contributed by atoms with E-state index in [1.54, 1.807) is 24.3 Å². The standard InChI is InChI=1S/C40H36N4O16/c45-35(46)24-3-1-5-30(9-24)58-21-42-16-41-17-43(18-42,22-59-31-6-2-4-25(10-31)36(47)48)20-44(19-42,23-60-33-13-28(39(53)54)8-29(14-33)40(55)56)34(41)15-57-32-11-26(37(49)50)7-27(12-32)38(51)52/h1-14,34H,15-23H2,(H3-3,45,46,47,48,49,50,51,52,53,54,55,56)/p+3. The third-order valence-corrected chi connectivity index (χ3v) is 10.6. The maximum absolute atomic E-state index is 12.0. The molecule has 8 rings (SSSR count). The molecule has 4 aromatic carbocycles. The van der Waals surface area contributed by atoms with Crippen molar-refractivity contribution < 1.29 is 91.8 Å². The fraction of sp³-hybridized carbons (Fsp3) is 0.250. The first-order valence-electron chi connectivity index (χ1n) is 18.2. The quantitative estimate of drug-likeness (QED) is 0.0786. The highest BCUT2D eigenvalue weighted by Crippen LogP contribution is 2.44. The Morgan fingerprint density at radius 1 is 0.467 bits per heavy atom. The van der Waals surface area contributed by atoms with Crippen LogP contribution in [-0.2, 0) is 0 Å². The fourth-order valence-corrected chi connectivity index (χ4v) is 8.45. The van der Waals surface area contributed by atoms with Crippen molar-refractivity contribution in [2.75, 3.05) is 60.1 Å². The van der Waals surface area contributed by atoms with Crippen molar-refractivity contribution in [3.63, 3.8) is 0 Å². The first-order valence-corrected chi connectivity index (χ1v) is 18.2. The summed E-state index contributed by atoms with van der Waals surface area (Å²) in [7, 11) is 0. The summed E-state index contributed by atoms with van der Waals surface area (Å²) >= 11 is 0. The number of rotatable bonds is 18. The SMILES string of the molecule is O=C(O)c1cccc(OC[N+]23CN4C[N+](COc5cccc(C(=O)O)c5)(C2)C[N+](COc2cc(C(=O)O)cc(C(=O)O)c2)(C3)C4COc2cc(C(=O)O)cc(C(=O)O)c2)c1. The van der Waals surface area contributed by atoms with Crippen LogP contribution in [0.4, 0.5) is 0 Å². The lowest BCUT2D eigenvalue weighted by molar-refractivity contribution is -1.32. The topological polar surface area (TPSA) is 264 Å². The molecule has 4 aliphatic heterocycles. The van der Waals surface area contributed by atoms with Crippen LogP contribution in [0.2, 0.25) is 0 Å². The second-order valence-corrected chi connectivity index (χ2v) is 15.2. The summed E-state index contributed by atoms with van der Waals surface area (Å²) in [5.74, 6) is -7.29. The number of carboxylic acids is 6. The zero-order valence-corrected chi connectivity index (χ0v) is 31.6. The molecule has 20 nitrogen and oxygen atoms in total. The molecule has 4 bridgehead atoms. The Hall–Kier alpha value is -7.26. The summed E-state index contributed by atoms with van der Waals surface area (Å²) in [5, 5.41) is 58.1. The minimum atomic E-state index is -1.38. The van der Waals surface area contributed by atoms with Gasteiger partial charge in [0.25, 0.3) is 0 Å². The largest absolute Gasteiger partial charge is 0.486 e. The van der Waals surface area contributed by atoms with Crippen LogP contribution in [0.1, 0.15) is 62.1 Å². The van der Waals surface area contributed by atoms with Crippen molar-refractivity contribution in [1.82, 2.24) is 4.90 Å². The van der Waals surface area contributed by atoms with Crippen molar-refractivity contribution in [3.05, 3.63) is 118 Å². The summed E-state index contributed by atoms with van der Waals surface area (Å²) in [5.41, 5.74) is -1.25. The lowest BCUT2D eigenvalue weighted by atomic mass is 10.1. The van der Waals surface area contributed by atoms with Crippen molar-refractivity contribution in [1.29, 1.82) is 0 Å². The van der Waals surface area contributed by atoms with Crippen LogP contribution in [0.5, 0.6) is 23.0 Å². The van der Waals surface area contributed by atoms with Gasteiger partial charge in [-0.15, -0.1) is 0 Å². The molecule has 20 heteroatoms. The Morgan fingerprint density at radius 3 is 1.23 bits per heavy atom. The molecule has 0 saturated carbocycles. The minimum Gasteiger partial charge on any atom is -0.486 e. The van der Waals surface area contributed by atoms with Gasteiger partial charge in [0.1, 0.15) is 23.0 Å². The summed E-state index contributed by atoms with van der Waals surface area (Å²) < 4.78 is 25.5. The molecule has 4 heterocycles. The van der Waals surface area contributed by atoms with E-state index in [-0.39, 0.29) is 98.5 Å². The van der Waals surface area contributed by atoms with Crippen LogP contribution >= 0.6 is 0 Å². The van der Waals surface area contributed by atoms with E-state index < -0.39 is 42.0 Å². The zero-order chi connectivity index (χ0) is 43.0. The molecule has 3 atom stereocenters. The number of quaternary nitrogens is 3. The van der Waals surface area contributed by atoms with Gasteiger partial charge in [-0.2, -0.15) is 18.3 Å². The van der Waals surface area contributed by atoms with Crippen LogP contribution in [0.3, 0.4) is 0 Å². The first-order chi connectivity index (χ1) is 28.5. The van der Waals surface area contributed by atoms with Gasteiger partial charge in [-0.1, -0.05) is 12.1 Å². The highest BCUT2D eigenvalue weighted by atomic mass is 16.5. The Bertz CT molecular complexity index is 2280. The zero-order valence-electron chi connectivity index (χ0n) is 31.6. The van der Waals surface area contributed by atoms with Gasteiger partial charge in [0, 0.05) is 0 Å². The summed E-state index contributed by atoms with van der Waals surface area (Å²) in [4.78, 5) is 73.4. The maximum Gasteiger partial charge on any atom is 0.335 e. The summed E-state index contributed by atoms with van der Waals surface area (Å²) in [6.45, 7) is 1.30. The normalized spacial score (nSPS) is 23.6. The van der Waals surface area contributed by atoms with Crippen molar-refractivity contribution >= 4 is 35.8 Å². The fourth-order valence-electron chi connectivity index (χ4n) is 8.45. The molecule has 0 aromatic heterocycles. The van der Waals surface area contributed by atoms with Gasteiger partial charge in [-0.25, -0.2) is 28.8 Å². The molecule has 6 N–H and O–H groups in total. The molecular formula is C40H39N4O16+3.